The fraction of sp³-hybridized carbons (Fsp3) is 0.214. The number of hydrogen-bond donors (Lipinski definition) is 1. The van der Waals surface area contributed by atoms with Crippen molar-refractivity contribution < 1.29 is 28.8 Å². The lowest BCUT2D eigenvalue weighted by Crippen LogP contribution is -2.15. The van der Waals surface area contributed by atoms with E-state index >= 15 is 0 Å². The Kier molecular flexibility index (Phi) is 8.20. The van der Waals surface area contributed by atoms with Crippen LogP contribution < -0.4 is 18.9 Å². The molecule has 0 aliphatic carbocycles. The number of Topliss-reactive ketones (excluding diaryl/α,β-unsaturated/α-hetero) is 1. The normalized spacial score (nSPS) is 10.7. The highest BCUT2D eigenvalue weighted by molar-refractivity contribution is 7.15. The van der Waals surface area contributed by atoms with E-state index in [1.165, 1.54) is 0 Å². The average Bonchev–Trinajstić information content (AvgIpc) is 3.35. The number of ketones is 1. The van der Waals surface area contributed by atoms with Gasteiger partial charge in [0.05, 0.1) is 24.8 Å². The third kappa shape index (κ3) is 5.84. The Morgan fingerprint density at radius 2 is 1.64 bits per heavy atom. The van der Waals surface area contributed by atoms with E-state index in [1.807, 2.05) is 49.4 Å². The minimum absolute atomic E-state index is 0.169. The number of benzene rings is 3. The second-order valence-electron chi connectivity index (χ2n) is 7.92. The molecule has 0 saturated heterocycles. The van der Waals surface area contributed by atoms with Crippen LogP contribution in [0.5, 0.6) is 23.0 Å². The minimum atomic E-state index is -0.537. The van der Waals surface area contributed by atoms with Gasteiger partial charge in [-0.2, -0.15) is 0 Å². The number of methoxy groups -OCH3 is 2. The zero-order chi connectivity index (χ0) is 25.5. The average molecular weight is 506 g/mol. The van der Waals surface area contributed by atoms with Gasteiger partial charge in [0, 0.05) is 5.56 Å². The highest BCUT2D eigenvalue weighted by atomic mass is 32.1. The van der Waals surface area contributed by atoms with Gasteiger partial charge in [-0.15, -0.1) is 11.3 Å². The van der Waals surface area contributed by atoms with Crippen molar-refractivity contribution in [1.82, 2.24) is 4.98 Å². The summed E-state index contributed by atoms with van der Waals surface area (Å²) in [7, 11) is 3.23. The van der Waals surface area contributed by atoms with E-state index in [1.54, 1.807) is 37.7 Å². The Balaban J connectivity index is 1.58. The van der Waals surface area contributed by atoms with Gasteiger partial charge >= 0.3 is 0 Å². The molecule has 0 saturated carbocycles. The molecule has 4 rings (SSSR count). The fourth-order valence-corrected chi connectivity index (χ4v) is 4.62. The molecule has 1 aromatic heterocycles. The van der Waals surface area contributed by atoms with Crippen molar-refractivity contribution in [2.24, 2.45) is 0 Å². The first-order valence-electron chi connectivity index (χ1n) is 11.3. The molecule has 0 amide bonds. The number of aliphatic hydroxyl groups excluding tert-OH is 1. The number of carbonyl (C=O) groups is 1. The first-order chi connectivity index (χ1) is 17.5. The predicted octanol–water partition coefficient (Wildman–Crippen LogP) is 5.32. The molecule has 0 atom stereocenters. The molecule has 0 spiro atoms. The van der Waals surface area contributed by atoms with E-state index in [4.69, 9.17) is 29.0 Å². The Morgan fingerprint density at radius 3 is 2.33 bits per heavy atom. The van der Waals surface area contributed by atoms with Crippen LogP contribution in [0.1, 0.15) is 10.6 Å². The summed E-state index contributed by atoms with van der Waals surface area (Å²) in [6.07, 6.45) is 0. The molecular weight excluding hydrogens is 478 g/mol. The Labute approximate surface area is 213 Å². The zero-order valence-electron chi connectivity index (χ0n) is 20.3. The van der Waals surface area contributed by atoms with E-state index in [2.05, 4.69) is 12.1 Å². The van der Waals surface area contributed by atoms with Crippen molar-refractivity contribution in [3.63, 3.8) is 0 Å². The van der Waals surface area contributed by atoms with Crippen molar-refractivity contribution in [2.45, 2.75) is 13.5 Å². The maximum absolute atomic E-state index is 11.3. The summed E-state index contributed by atoms with van der Waals surface area (Å²) >= 11 is 1.58. The standard InChI is InChI=1S/C28H27NO6S/c1-18-13-22(10-12-23(18)35-16-21(31)15-30)34-17-26-29-27(28(36-26)19-7-5-4-6-8-19)20-9-11-24(32-2)25(14-20)33-3/h4-14,30H,15-17H2,1-3H3. The number of ether oxygens (including phenoxy) is 4. The highest BCUT2D eigenvalue weighted by Crippen LogP contribution is 2.40. The van der Waals surface area contributed by atoms with Crippen molar-refractivity contribution in [3.05, 3.63) is 77.3 Å². The van der Waals surface area contributed by atoms with E-state index in [0.29, 0.717) is 29.6 Å². The fourth-order valence-electron chi connectivity index (χ4n) is 3.61. The second-order valence-corrected chi connectivity index (χ2v) is 9.01. The number of nitrogens with zero attached hydrogens (tertiary/aromatic N) is 1. The summed E-state index contributed by atoms with van der Waals surface area (Å²) in [6, 6.07) is 21.3. The van der Waals surface area contributed by atoms with Gasteiger partial charge in [-0.25, -0.2) is 4.98 Å². The molecule has 0 bridgehead atoms. The molecule has 1 N–H and O–H groups in total. The largest absolute Gasteiger partial charge is 0.493 e. The third-order valence-electron chi connectivity index (χ3n) is 5.44. The van der Waals surface area contributed by atoms with Gasteiger partial charge in [-0.05, 0) is 54.4 Å². The minimum Gasteiger partial charge on any atom is -0.493 e. The molecule has 3 aromatic carbocycles. The number of aromatic nitrogens is 1. The van der Waals surface area contributed by atoms with Crippen molar-refractivity contribution in [1.29, 1.82) is 0 Å². The van der Waals surface area contributed by atoms with Crippen LogP contribution in [0, 0.1) is 6.92 Å². The second kappa shape index (κ2) is 11.7. The van der Waals surface area contributed by atoms with Gasteiger partial charge in [0.1, 0.15) is 36.3 Å². The summed E-state index contributed by atoms with van der Waals surface area (Å²) in [5.41, 5.74) is 3.66. The van der Waals surface area contributed by atoms with Crippen molar-refractivity contribution >= 4 is 17.1 Å². The zero-order valence-corrected chi connectivity index (χ0v) is 21.1. The van der Waals surface area contributed by atoms with Gasteiger partial charge in [0.2, 0.25) is 0 Å². The molecule has 7 nitrogen and oxygen atoms in total. The van der Waals surface area contributed by atoms with E-state index in [0.717, 1.165) is 32.3 Å². The molecule has 4 aromatic rings. The Morgan fingerprint density at radius 1 is 0.889 bits per heavy atom. The van der Waals surface area contributed by atoms with Gasteiger partial charge in [-0.1, -0.05) is 30.3 Å². The monoisotopic (exact) mass is 505 g/mol. The molecule has 186 valence electrons. The Hall–Kier alpha value is -3.88. The smallest absolute Gasteiger partial charge is 0.195 e. The first kappa shape index (κ1) is 25.2. The topological polar surface area (TPSA) is 87.1 Å². The predicted molar refractivity (Wildman–Crippen MR) is 139 cm³/mol. The third-order valence-corrected chi connectivity index (χ3v) is 6.52. The Bertz CT molecular complexity index is 1340. The van der Waals surface area contributed by atoms with Crippen LogP contribution in [-0.2, 0) is 11.4 Å². The molecule has 0 unspecified atom stereocenters. The van der Waals surface area contributed by atoms with Crippen LogP contribution in [0.15, 0.2) is 66.7 Å². The molecule has 8 heteroatoms. The van der Waals surface area contributed by atoms with Gasteiger partial charge in [0.25, 0.3) is 0 Å². The van der Waals surface area contributed by atoms with Crippen LogP contribution in [0.2, 0.25) is 0 Å². The van der Waals surface area contributed by atoms with E-state index < -0.39 is 6.61 Å². The van der Waals surface area contributed by atoms with Crippen LogP contribution in [-0.4, -0.2) is 43.3 Å². The maximum atomic E-state index is 11.3. The number of hydrogen-bond acceptors (Lipinski definition) is 8. The maximum Gasteiger partial charge on any atom is 0.195 e. The number of aryl methyl sites for hydroxylation is 1. The highest BCUT2D eigenvalue weighted by Gasteiger charge is 2.17. The number of carbonyl (C=O) groups excluding carboxylic acids is 1. The molecular formula is C28H27NO6S. The summed E-state index contributed by atoms with van der Waals surface area (Å²) < 4.78 is 22.4. The quantitative estimate of drug-likeness (QED) is 0.295. The lowest BCUT2D eigenvalue weighted by molar-refractivity contribution is -0.123. The summed E-state index contributed by atoms with van der Waals surface area (Å²) in [4.78, 5) is 17.3. The first-order valence-corrected chi connectivity index (χ1v) is 12.1. The lowest BCUT2D eigenvalue weighted by atomic mass is 10.1. The number of thiazole rings is 1. The molecule has 0 aliphatic rings. The van der Waals surface area contributed by atoms with Crippen molar-refractivity contribution in [3.8, 4) is 44.7 Å². The molecule has 36 heavy (non-hydrogen) atoms. The van der Waals surface area contributed by atoms with E-state index in [-0.39, 0.29) is 12.4 Å². The number of aliphatic hydroxyl groups is 1. The SMILES string of the molecule is COc1ccc(-c2nc(COc3ccc(OCC(=O)CO)c(C)c3)sc2-c2ccccc2)cc1OC. The van der Waals surface area contributed by atoms with Crippen LogP contribution >= 0.6 is 11.3 Å². The molecule has 0 radical (unpaired) electrons. The lowest BCUT2D eigenvalue weighted by Gasteiger charge is -2.10. The van der Waals surface area contributed by atoms with Crippen LogP contribution in [0.3, 0.4) is 0 Å². The summed E-state index contributed by atoms with van der Waals surface area (Å²) in [5, 5.41) is 9.68. The van der Waals surface area contributed by atoms with Gasteiger partial charge in [-0.3, -0.25) is 4.79 Å². The molecule has 0 aliphatic heterocycles. The summed E-state index contributed by atoms with van der Waals surface area (Å²) in [5.74, 6) is 2.15. The van der Waals surface area contributed by atoms with E-state index in [9.17, 15) is 4.79 Å². The van der Waals surface area contributed by atoms with Gasteiger partial charge in [0.15, 0.2) is 17.3 Å². The van der Waals surface area contributed by atoms with Crippen LogP contribution in [0.25, 0.3) is 21.7 Å². The van der Waals surface area contributed by atoms with Gasteiger partial charge < -0.3 is 24.1 Å². The summed E-state index contributed by atoms with van der Waals surface area (Å²) in [6.45, 7) is 1.46. The number of rotatable bonds is 11. The van der Waals surface area contributed by atoms with Crippen molar-refractivity contribution in [2.75, 3.05) is 27.4 Å². The molecule has 1 heterocycles. The molecule has 0 fully saturated rings. The van der Waals surface area contributed by atoms with Crippen LogP contribution in [0.4, 0.5) is 0 Å².